The smallest absolute Gasteiger partial charge is 0.160 e. The summed E-state index contributed by atoms with van der Waals surface area (Å²) in [6.45, 7) is 0.0190. The Morgan fingerprint density at radius 2 is 1.96 bits per heavy atom. The van der Waals surface area contributed by atoms with Gasteiger partial charge in [-0.3, -0.25) is 0 Å². The van der Waals surface area contributed by atoms with Crippen LogP contribution in [0.1, 0.15) is 17.2 Å². The normalized spacial score (nSPS) is 22.5. The third kappa shape index (κ3) is 2.86. The fourth-order valence-electron chi connectivity index (χ4n) is 3.11. The highest BCUT2D eigenvalue weighted by Crippen LogP contribution is 2.43. The van der Waals surface area contributed by atoms with E-state index in [0.717, 1.165) is 5.56 Å². The average molecular weight is 332 g/mol. The molecule has 0 radical (unpaired) electrons. The number of methoxy groups -OCH3 is 2. The molecule has 0 fully saturated rings. The molecule has 6 heteroatoms. The van der Waals surface area contributed by atoms with Gasteiger partial charge < -0.3 is 29.5 Å². The van der Waals surface area contributed by atoms with E-state index in [-0.39, 0.29) is 24.5 Å². The average Bonchev–Trinajstić information content (AvgIpc) is 2.56. The molecule has 0 spiro atoms. The molecule has 0 bridgehead atoms. The molecule has 0 saturated carbocycles. The van der Waals surface area contributed by atoms with Crippen molar-refractivity contribution < 1.29 is 29.5 Å². The first-order chi connectivity index (χ1) is 11.5. The Bertz CT molecular complexity index is 744. The molecule has 2 unspecified atom stereocenters. The molecule has 3 rings (SSSR count). The van der Waals surface area contributed by atoms with E-state index in [1.54, 1.807) is 18.2 Å². The molecule has 2 aromatic rings. The number of benzene rings is 2. The Labute approximate surface area is 139 Å². The minimum absolute atomic E-state index is 0.0190. The van der Waals surface area contributed by atoms with Crippen molar-refractivity contribution in [1.29, 1.82) is 0 Å². The van der Waals surface area contributed by atoms with Gasteiger partial charge in [-0.05, 0) is 29.8 Å². The van der Waals surface area contributed by atoms with Crippen LogP contribution in [0.4, 0.5) is 0 Å². The molecular weight excluding hydrogens is 312 g/mol. The molecule has 1 heterocycles. The topological polar surface area (TPSA) is 88.4 Å². The van der Waals surface area contributed by atoms with Crippen LogP contribution in [0, 0.1) is 0 Å². The van der Waals surface area contributed by atoms with Gasteiger partial charge in [0.25, 0.3) is 0 Å². The number of phenolic OH excluding ortho intramolecular Hbond substituents is 2. The van der Waals surface area contributed by atoms with Gasteiger partial charge in [0, 0.05) is 25.2 Å². The third-order valence-corrected chi connectivity index (χ3v) is 4.24. The molecule has 1 aliphatic rings. The van der Waals surface area contributed by atoms with Crippen LogP contribution >= 0.6 is 0 Å². The molecule has 0 aromatic heterocycles. The number of fused-ring (bicyclic) bond motifs is 1. The molecule has 3 N–H and O–H groups in total. The zero-order valence-corrected chi connectivity index (χ0v) is 13.5. The first kappa shape index (κ1) is 16.4. The lowest BCUT2D eigenvalue weighted by molar-refractivity contribution is -0.129. The summed E-state index contributed by atoms with van der Waals surface area (Å²) < 4.78 is 16.3. The van der Waals surface area contributed by atoms with Crippen LogP contribution in [0.3, 0.4) is 0 Å². The van der Waals surface area contributed by atoms with E-state index in [4.69, 9.17) is 14.2 Å². The molecule has 128 valence electrons. The molecular formula is C18H20O6. The van der Waals surface area contributed by atoms with Gasteiger partial charge in [-0.15, -0.1) is 0 Å². The summed E-state index contributed by atoms with van der Waals surface area (Å²) in [5.41, 5.74) is 0.163. The van der Waals surface area contributed by atoms with Gasteiger partial charge >= 0.3 is 0 Å². The monoisotopic (exact) mass is 332 g/mol. The number of hydrogen-bond donors (Lipinski definition) is 3. The second-order valence-corrected chi connectivity index (χ2v) is 5.91. The van der Waals surface area contributed by atoms with Gasteiger partial charge in [0.1, 0.15) is 29.8 Å². The Morgan fingerprint density at radius 3 is 2.67 bits per heavy atom. The van der Waals surface area contributed by atoms with Crippen LogP contribution in [-0.2, 0) is 11.2 Å². The summed E-state index contributed by atoms with van der Waals surface area (Å²) in [6, 6.07) is 9.63. The summed E-state index contributed by atoms with van der Waals surface area (Å²) in [4.78, 5) is 0. The molecule has 2 atom stereocenters. The predicted octanol–water partition coefficient (Wildman–Crippen LogP) is 2.16. The molecule has 1 aliphatic heterocycles. The van der Waals surface area contributed by atoms with Gasteiger partial charge in [0.05, 0.1) is 7.11 Å². The number of ether oxygens (including phenoxy) is 3. The van der Waals surface area contributed by atoms with E-state index in [2.05, 4.69) is 0 Å². The van der Waals surface area contributed by atoms with Gasteiger partial charge in [0.2, 0.25) is 0 Å². The van der Waals surface area contributed by atoms with E-state index in [1.807, 2.05) is 0 Å². The SMILES string of the molecule is COc1cc(CC2(O)COc3cc(O)ccc3C2OC)ccc1O. The zero-order valence-electron chi connectivity index (χ0n) is 13.5. The van der Waals surface area contributed by atoms with Crippen LogP contribution < -0.4 is 9.47 Å². The second-order valence-electron chi connectivity index (χ2n) is 5.91. The van der Waals surface area contributed by atoms with Gasteiger partial charge in [-0.1, -0.05) is 6.07 Å². The number of rotatable bonds is 4. The maximum Gasteiger partial charge on any atom is 0.160 e. The van der Waals surface area contributed by atoms with Crippen molar-refractivity contribution in [2.24, 2.45) is 0 Å². The standard InChI is InChI=1S/C18H20O6/c1-22-16-7-11(3-6-14(16)20)9-18(21)10-24-15-8-12(19)4-5-13(15)17(18)23-2/h3-8,17,19-21H,9-10H2,1-2H3. The first-order valence-electron chi connectivity index (χ1n) is 7.53. The van der Waals surface area contributed by atoms with Crippen molar-refractivity contribution in [2.75, 3.05) is 20.8 Å². The van der Waals surface area contributed by atoms with E-state index in [0.29, 0.717) is 17.1 Å². The van der Waals surface area contributed by atoms with Gasteiger partial charge in [-0.25, -0.2) is 0 Å². The van der Waals surface area contributed by atoms with Gasteiger partial charge in [-0.2, -0.15) is 0 Å². The van der Waals surface area contributed by atoms with Crippen LogP contribution in [0.2, 0.25) is 0 Å². The molecule has 0 amide bonds. The molecule has 0 saturated heterocycles. The number of hydrogen-bond acceptors (Lipinski definition) is 6. The minimum Gasteiger partial charge on any atom is -0.508 e. The summed E-state index contributed by atoms with van der Waals surface area (Å²) >= 11 is 0. The largest absolute Gasteiger partial charge is 0.508 e. The Balaban J connectivity index is 1.93. The highest BCUT2D eigenvalue weighted by Gasteiger charge is 2.44. The fourth-order valence-corrected chi connectivity index (χ4v) is 3.11. The number of aliphatic hydroxyl groups is 1. The first-order valence-corrected chi connectivity index (χ1v) is 7.53. The van der Waals surface area contributed by atoms with Crippen molar-refractivity contribution in [3.8, 4) is 23.0 Å². The predicted molar refractivity (Wildman–Crippen MR) is 86.7 cm³/mol. The minimum atomic E-state index is -1.29. The highest BCUT2D eigenvalue weighted by molar-refractivity contribution is 5.46. The van der Waals surface area contributed by atoms with Crippen molar-refractivity contribution >= 4 is 0 Å². The second kappa shape index (κ2) is 6.22. The summed E-state index contributed by atoms with van der Waals surface area (Å²) in [5.74, 6) is 0.969. The molecule has 24 heavy (non-hydrogen) atoms. The Hall–Kier alpha value is -2.44. The summed E-state index contributed by atoms with van der Waals surface area (Å²) in [7, 11) is 2.99. The summed E-state index contributed by atoms with van der Waals surface area (Å²) in [6.07, 6.45) is -0.357. The molecule has 0 aliphatic carbocycles. The van der Waals surface area contributed by atoms with Crippen LogP contribution in [0.15, 0.2) is 36.4 Å². The Morgan fingerprint density at radius 1 is 1.17 bits per heavy atom. The van der Waals surface area contributed by atoms with E-state index in [1.165, 1.54) is 32.4 Å². The highest BCUT2D eigenvalue weighted by atomic mass is 16.5. The molecule has 6 nitrogen and oxygen atoms in total. The third-order valence-electron chi connectivity index (χ3n) is 4.24. The maximum atomic E-state index is 11.1. The maximum absolute atomic E-state index is 11.1. The van der Waals surface area contributed by atoms with Crippen LogP contribution in [-0.4, -0.2) is 41.7 Å². The quantitative estimate of drug-likeness (QED) is 0.795. The number of aromatic hydroxyl groups is 2. The number of phenols is 2. The van der Waals surface area contributed by atoms with Crippen molar-refractivity contribution in [1.82, 2.24) is 0 Å². The fraction of sp³-hybridized carbons (Fsp3) is 0.333. The Kier molecular flexibility index (Phi) is 4.26. The van der Waals surface area contributed by atoms with E-state index >= 15 is 0 Å². The van der Waals surface area contributed by atoms with E-state index < -0.39 is 11.7 Å². The molecule has 2 aromatic carbocycles. The lowest BCUT2D eigenvalue weighted by Gasteiger charge is -2.40. The van der Waals surface area contributed by atoms with E-state index in [9.17, 15) is 15.3 Å². The van der Waals surface area contributed by atoms with Crippen molar-refractivity contribution in [2.45, 2.75) is 18.1 Å². The lowest BCUT2D eigenvalue weighted by atomic mass is 9.83. The van der Waals surface area contributed by atoms with Crippen molar-refractivity contribution in [3.05, 3.63) is 47.5 Å². The lowest BCUT2D eigenvalue weighted by Crippen LogP contribution is -2.48. The zero-order chi connectivity index (χ0) is 17.3. The van der Waals surface area contributed by atoms with Crippen molar-refractivity contribution in [3.63, 3.8) is 0 Å². The van der Waals surface area contributed by atoms with Crippen LogP contribution in [0.5, 0.6) is 23.0 Å². The van der Waals surface area contributed by atoms with Gasteiger partial charge in [0.15, 0.2) is 11.5 Å². The summed E-state index contributed by atoms with van der Waals surface area (Å²) in [5, 5.41) is 30.4. The van der Waals surface area contributed by atoms with Crippen LogP contribution in [0.25, 0.3) is 0 Å².